The molecule has 0 amide bonds. The largest absolute Gasteiger partial charge is 0.497 e. The van der Waals surface area contributed by atoms with Crippen molar-refractivity contribution in [1.82, 2.24) is 0 Å². The van der Waals surface area contributed by atoms with Gasteiger partial charge in [-0.2, -0.15) is 0 Å². The molecule has 3 N–H and O–H groups in total. The molecule has 1 aliphatic rings. The van der Waals surface area contributed by atoms with Crippen LogP contribution in [-0.4, -0.2) is 24.4 Å². The maximum absolute atomic E-state index is 9.75. The molecule has 0 aromatic heterocycles. The van der Waals surface area contributed by atoms with Gasteiger partial charge in [0, 0.05) is 6.04 Å². The topological polar surface area (TPSA) is 55.5 Å². The molecular weight excluding hydrogens is 310 g/mol. The Morgan fingerprint density at radius 2 is 1.57 bits per heavy atom. The molecule has 0 radical (unpaired) electrons. The minimum absolute atomic E-state index is 0. The molecule has 124 valence electrons. The SMILES string of the molecule is COc1ccc(-c2ccc(C[C@@H]3C[C@H](N)[C@@H](O)C3)cc2)cc1.Cl. The van der Waals surface area contributed by atoms with Gasteiger partial charge in [-0.05, 0) is 54.0 Å². The van der Waals surface area contributed by atoms with Crippen molar-refractivity contribution in [2.75, 3.05) is 7.11 Å². The second kappa shape index (κ2) is 7.82. The minimum Gasteiger partial charge on any atom is -0.497 e. The molecule has 2 aromatic carbocycles. The van der Waals surface area contributed by atoms with Gasteiger partial charge in [0.05, 0.1) is 13.2 Å². The summed E-state index contributed by atoms with van der Waals surface area (Å²) in [5.74, 6) is 1.37. The number of hydrogen-bond donors (Lipinski definition) is 2. The van der Waals surface area contributed by atoms with Crippen LogP contribution in [-0.2, 0) is 6.42 Å². The highest BCUT2D eigenvalue weighted by Crippen LogP contribution is 2.29. The molecule has 3 nitrogen and oxygen atoms in total. The molecule has 1 saturated carbocycles. The molecule has 0 unspecified atom stereocenters. The van der Waals surface area contributed by atoms with E-state index in [0.717, 1.165) is 25.0 Å². The normalized spacial score (nSPS) is 23.3. The van der Waals surface area contributed by atoms with E-state index < -0.39 is 0 Å². The van der Waals surface area contributed by atoms with E-state index in [1.807, 2.05) is 12.1 Å². The number of hydrogen-bond acceptors (Lipinski definition) is 3. The lowest BCUT2D eigenvalue weighted by atomic mass is 9.96. The van der Waals surface area contributed by atoms with Gasteiger partial charge in [0.15, 0.2) is 0 Å². The zero-order valence-corrected chi connectivity index (χ0v) is 14.1. The van der Waals surface area contributed by atoms with E-state index >= 15 is 0 Å². The van der Waals surface area contributed by atoms with E-state index in [4.69, 9.17) is 10.5 Å². The monoisotopic (exact) mass is 333 g/mol. The molecule has 0 bridgehead atoms. The highest BCUT2D eigenvalue weighted by molar-refractivity contribution is 5.85. The average molecular weight is 334 g/mol. The number of ether oxygens (including phenoxy) is 1. The molecule has 0 spiro atoms. The van der Waals surface area contributed by atoms with Crippen LogP contribution >= 0.6 is 12.4 Å². The Kier molecular flexibility index (Phi) is 6.05. The molecule has 3 rings (SSSR count). The van der Waals surface area contributed by atoms with Crippen molar-refractivity contribution in [3.63, 3.8) is 0 Å². The maximum Gasteiger partial charge on any atom is 0.118 e. The van der Waals surface area contributed by atoms with Crippen LogP contribution in [0, 0.1) is 5.92 Å². The number of aliphatic hydroxyl groups is 1. The van der Waals surface area contributed by atoms with Crippen molar-refractivity contribution >= 4 is 12.4 Å². The van der Waals surface area contributed by atoms with E-state index in [9.17, 15) is 5.11 Å². The predicted molar refractivity (Wildman–Crippen MR) is 96.1 cm³/mol. The van der Waals surface area contributed by atoms with Crippen LogP contribution < -0.4 is 10.5 Å². The summed E-state index contributed by atoms with van der Waals surface area (Å²) in [4.78, 5) is 0. The van der Waals surface area contributed by atoms with Gasteiger partial charge >= 0.3 is 0 Å². The number of methoxy groups -OCH3 is 1. The second-order valence-corrected chi connectivity index (χ2v) is 6.20. The number of aliphatic hydroxyl groups excluding tert-OH is 1. The fourth-order valence-electron chi connectivity index (χ4n) is 3.27. The van der Waals surface area contributed by atoms with E-state index in [0.29, 0.717) is 5.92 Å². The third-order valence-electron chi connectivity index (χ3n) is 4.58. The quantitative estimate of drug-likeness (QED) is 0.901. The van der Waals surface area contributed by atoms with Crippen LogP contribution in [0.15, 0.2) is 48.5 Å². The zero-order valence-electron chi connectivity index (χ0n) is 13.3. The summed E-state index contributed by atoms with van der Waals surface area (Å²) in [7, 11) is 1.68. The first-order valence-corrected chi connectivity index (χ1v) is 7.82. The van der Waals surface area contributed by atoms with Crippen LogP contribution in [0.5, 0.6) is 5.75 Å². The number of nitrogens with two attached hydrogens (primary N) is 1. The summed E-state index contributed by atoms with van der Waals surface area (Å²) in [5.41, 5.74) is 9.58. The Bertz CT molecular complexity index is 602. The average Bonchev–Trinajstić information content (AvgIpc) is 2.86. The molecule has 4 heteroatoms. The van der Waals surface area contributed by atoms with Crippen LogP contribution in [0.25, 0.3) is 11.1 Å². The first-order valence-electron chi connectivity index (χ1n) is 7.82. The lowest BCUT2D eigenvalue weighted by Crippen LogP contribution is -2.28. The van der Waals surface area contributed by atoms with Crippen LogP contribution in [0.4, 0.5) is 0 Å². The van der Waals surface area contributed by atoms with Gasteiger partial charge < -0.3 is 15.6 Å². The number of halogens is 1. The second-order valence-electron chi connectivity index (χ2n) is 6.20. The van der Waals surface area contributed by atoms with E-state index in [2.05, 4.69) is 36.4 Å². The Labute approximate surface area is 143 Å². The van der Waals surface area contributed by atoms with Crippen LogP contribution in [0.3, 0.4) is 0 Å². The third kappa shape index (κ3) is 4.25. The molecule has 1 aliphatic carbocycles. The van der Waals surface area contributed by atoms with Crippen molar-refractivity contribution in [1.29, 1.82) is 0 Å². The van der Waals surface area contributed by atoms with Gasteiger partial charge in [-0.3, -0.25) is 0 Å². The van der Waals surface area contributed by atoms with E-state index in [1.165, 1.54) is 16.7 Å². The van der Waals surface area contributed by atoms with Gasteiger partial charge in [-0.25, -0.2) is 0 Å². The number of benzene rings is 2. The number of rotatable bonds is 4. The molecule has 0 aliphatic heterocycles. The van der Waals surface area contributed by atoms with Gasteiger partial charge in [-0.15, -0.1) is 12.4 Å². The molecule has 1 fully saturated rings. The Balaban J connectivity index is 0.00000192. The summed E-state index contributed by atoms with van der Waals surface area (Å²) in [6, 6.07) is 16.7. The Morgan fingerprint density at radius 1 is 1.00 bits per heavy atom. The zero-order chi connectivity index (χ0) is 15.5. The smallest absolute Gasteiger partial charge is 0.118 e. The first kappa shape index (κ1) is 17.8. The summed E-state index contributed by atoms with van der Waals surface area (Å²) < 4.78 is 5.19. The Morgan fingerprint density at radius 3 is 2.04 bits per heavy atom. The van der Waals surface area contributed by atoms with Crippen molar-refractivity contribution < 1.29 is 9.84 Å². The van der Waals surface area contributed by atoms with Gasteiger partial charge in [-0.1, -0.05) is 36.4 Å². The van der Waals surface area contributed by atoms with Crippen molar-refractivity contribution in [3.8, 4) is 16.9 Å². The highest BCUT2D eigenvalue weighted by atomic mass is 35.5. The van der Waals surface area contributed by atoms with E-state index in [1.54, 1.807) is 7.11 Å². The van der Waals surface area contributed by atoms with Crippen LogP contribution in [0.2, 0.25) is 0 Å². The summed E-state index contributed by atoms with van der Waals surface area (Å²) >= 11 is 0. The van der Waals surface area contributed by atoms with Crippen molar-refractivity contribution in [3.05, 3.63) is 54.1 Å². The molecule has 23 heavy (non-hydrogen) atoms. The molecule has 2 aromatic rings. The van der Waals surface area contributed by atoms with E-state index in [-0.39, 0.29) is 24.6 Å². The molecule has 3 atom stereocenters. The summed E-state index contributed by atoms with van der Waals surface area (Å²) in [6.45, 7) is 0. The lowest BCUT2D eigenvalue weighted by molar-refractivity contribution is 0.161. The maximum atomic E-state index is 9.75. The van der Waals surface area contributed by atoms with Gasteiger partial charge in [0.2, 0.25) is 0 Å². The summed E-state index contributed by atoms with van der Waals surface area (Å²) in [5, 5.41) is 9.75. The molecular formula is C19H24ClNO2. The first-order chi connectivity index (χ1) is 10.7. The lowest BCUT2D eigenvalue weighted by Gasteiger charge is -2.10. The van der Waals surface area contributed by atoms with Gasteiger partial charge in [0.25, 0.3) is 0 Å². The highest BCUT2D eigenvalue weighted by Gasteiger charge is 2.29. The minimum atomic E-state index is -0.330. The third-order valence-corrected chi connectivity index (χ3v) is 4.58. The predicted octanol–water partition coefficient (Wildman–Crippen LogP) is 3.42. The standard InChI is InChI=1S/C19H23NO2.ClH/c1-22-17-8-6-16(7-9-17)15-4-2-13(3-5-15)10-14-11-18(20)19(21)12-14;/h2-9,14,18-19,21H,10-12,20H2,1H3;1H/t14-,18+,19+;/m1./s1. The van der Waals surface area contributed by atoms with Gasteiger partial charge in [0.1, 0.15) is 5.75 Å². The Hall–Kier alpha value is -1.55. The molecule has 0 saturated heterocycles. The van der Waals surface area contributed by atoms with Crippen molar-refractivity contribution in [2.24, 2.45) is 11.7 Å². The summed E-state index contributed by atoms with van der Waals surface area (Å²) in [6.07, 6.45) is 2.40. The van der Waals surface area contributed by atoms with Crippen molar-refractivity contribution in [2.45, 2.75) is 31.4 Å². The fraction of sp³-hybridized carbons (Fsp3) is 0.368. The molecule has 0 heterocycles. The van der Waals surface area contributed by atoms with Crippen LogP contribution in [0.1, 0.15) is 18.4 Å². The fourth-order valence-corrected chi connectivity index (χ4v) is 3.27.